The summed E-state index contributed by atoms with van der Waals surface area (Å²) >= 11 is 0. The van der Waals surface area contributed by atoms with Crippen molar-refractivity contribution in [3.63, 3.8) is 0 Å². The van der Waals surface area contributed by atoms with Gasteiger partial charge in [0.05, 0.1) is 11.1 Å². The lowest BCUT2D eigenvalue weighted by atomic mass is 10.1. The fourth-order valence-corrected chi connectivity index (χ4v) is 3.15. The van der Waals surface area contributed by atoms with Crippen molar-refractivity contribution in [3.8, 4) is 0 Å². The molecule has 2 atom stereocenters. The van der Waals surface area contributed by atoms with E-state index in [4.69, 9.17) is 0 Å². The third-order valence-electron chi connectivity index (χ3n) is 4.27. The van der Waals surface area contributed by atoms with E-state index in [9.17, 15) is 4.79 Å². The standard InChI is InChI=1S/C15H15N3O.2ClH/c19-15(18-14-11-7-16-8-12(11)14)10-5-1-3-9-4-2-6-17-13(9)10;;/h1-6,11-12,14,16H,7-8H2,(H,18,19);2*1H. The zero-order chi connectivity index (χ0) is 12.8. The average Bonchev–Trinajstić information content (AvgIpc) is 2.88. The molecular weight excluding hydrogens is 309 g/mol. The normalized spacial score (nSPS) is 25.4. The molecule has 2 aliphatic rings. The number of hydrogen-bond donors (Lipinski definition) is 2. The Morgan fingerprint density at radius 1 is 1.14 bits per heavy atom. The number of carbonyl (C=O) groups excluding carboxylic acids is 1. The van der Waals surface area contributed by atoms with Gasteiger partial charge in [-0.2, -0.15) is 0 Å². The predicted molar refractivity (Wildman–Crippen MR) is 87.3 cm³/mol. The molecule has 1 aromatic carbocycles. The van der Waals surface area contributed by atoms with Gasteiger partial charge in [-0.25, -0.2) is 0 Å². The van der Waals surface area contributed by atoms with E-state index in [2.05, 4.69) is 15.6 Å². The van der Waals surface area contributed by atoms with Crippen molar-refractivity contribution in [1.82, 2.24) is 15.6 Å². The van der Waals surface area contributed by atoms with E-state index in [1.165, 1.54) is 0 Å². The van der Waals surface area contributed by atoms with Crippen molar-refractivity contribution in [2.45, 2.75) is 6.04 Å². The number of para-hydroxylation sites is 1. The molecule has 4 rings (SSSR count). The van der Waals surface area contributed by atoms with Gasteiger partial charge in [0.1, 0.15) is 0 Å². The third-order valence-corrected chi connectivity index (χ3v) is 4.27. The Balaban J connectivity index is 0.000000807. The number of benzene rings is 1. The molecule has 1 aromatic heterocycles. The van der Waals surface area contributed by atoms with Gasteiger partial charge in [-0.3, -0.25) is 9.78 Å². The number of piperidine rings is 1. The maximum absolute atomic E-state index is 12.4. The molecule has 4 nitrogen and oxygen atoms in total. The lowest BCUT2D eigenvalue weighted by Gasteiger charge is -2.09. The first-order valence-corrected chi connectivity index (χ1v) is 6.70. The van der Waals surface area contributed by atoms with Gasteiger partial charge in [0.15, 0.2) is 0 Å². The smallest absolute Gasteiger partial charge is 0.253 e. The number of nitrogens with one attached hydrogen (secondary N) is 2. The molecular formula is C15H17Cl2N3O. The van der Waals surface area contributed by atoms with Gasteiger partial charge in [0.25, 0.3) is 5.91 Å². The second kappa shape index (κ2) is 6.18. The van der Waals surface area contributed by atoms with E-state index in [1.54, 1.807) is 6.20 Å². The maximum Gasteiger partial charge on any atom is 0.253 e. The van der Waals surface area contributed by atoms with Crippen LogP contribution in [0, 0.1) is 11.8 Å². The molecule has 2 unspecified atom stereocenters. The van der Waals surface area contributed by atoms with Crippen LogP contribution in [0.3, 0.4) is 0 Å². The van der Waals surface area contributed by atoms with E-state index in [0.717, 1.165) is 24.0 Å². The van der Waals surface area contributed by atoms with E-state index < -0.39 is 0 Å². The lowest BCUT2D eigenvalue weighted by Crippen LogP contribution is -2.32. The fourth-order valence-electron chi connectivity index (χ4n) is 3.15. The molecule has 1 aliphatic carbocycles. The molecule has 2 N–H and O–H groups in total. The van der Waals surface area contributed by atoms with Gasteiger partial charge in [-0.15, -0.1) is 24.8 Å². The van der Waals surface area contributed by atoms with Crippen LogP contribution >= 0.6 is 24.8 Å². The van der Waals surface area contributed by atoms with Crippen LogP contribution in [-0.2, 0) is 0 Å². The van der Waals surface area contributed by atoms with Crippen molar-refractivity contribution in [1.29, 1.82) is 0 Å². The largest absolute Gasteiger partial charge is 0.349 e. The Labute approximate surface area is 135 Å². The molecule has 1 amide bonds. The third kappa shape index (κ3) is 2.71. The van der Waals surface area contributed by atoms with Crippen molar-refractivity contribution in [2.24, 2.45) is 11.8 Å². The van der Waals surface area contributed by atoms with E-state index in [-0.39, 0.29) is 30.7 Å². The second-order valence-corrected chi connectivity index (χ2v) is 5.37. The summed E-state index contributed by atoms with van der Waals surface area (Å²) in [6.45, 7) is 2.06. The SMILES string of the molecule is Cl.Cl.O=C(NC1C2CNCC21)c1cccc2cccnc12. The molecule has 2 heterocycles. The Kier molecular flexibility index (Phi) is 4.71. The molecule has 1 aliphatic heterocycles. The van der Waals surface area contributed by atoms with Crippen molar-refractivity contribution < 1.29 is 4.79 Å². The molecule has 0 spiro atoms. The van der Waals surface area contributed by atoms with Crippen LogP contribution < -0.4 is 10.6 Å². The number of carbonyl (C=O) groups is 1. The van der Waals surface area contributed by atoms with Crippen LogP contribution in [0.5, 0.6) is 0 Å². The second-order valence-electron chi connectivity index (χ2n) is 5.37. The monoisotopic (exact) mass is 325 g/mol. The first-order chi connectivity index (χ1) is 9.34. The zero-order valence-corrected chi connectivity index (χ0v) is 12.9. The van der Waals surface area contributed by atoms with Crippen LogP contribution in [0.25, 0.3) is 10.9 Å². The molecule has 6 heteroatoms. The van der Waals surface area contributed by atoms with E-state index in [0.29, 0.717) is 23.4 Å². The van der Waals surface area contributed by atoms with Crippen molar-refractivity contribution >= 4 is 41.6 Å². The van der Waals surface area contributed by atoms with E-state index in [1.807, 2.05) is 30.3 Å². The van der Waals surface area contributed by atoms with Gasteiger partial charge >= 0.3 is 0 Å². The highest BCUT2D eigenvalue weighted by molar-refractivity contribution is 6.05. The minimum atomic E-state index is 0. The molecule has 112 valence electrons. The summed E-state index contributed by atoms with van der Waals surface area (Å²) in [7, 11) is 0. The summed E-state index contributed by atoms with van der Waals surface area (Å²) in [6, 6.07) is 9.97. The molecule has 2 fully saturated rings. The number of aromatic nitrogens is 1. The summed E-state index contributed by atoms with van der Waals surface area (Å²) in [6.07, 6.45) is 1.73. The number of pyridine rings is 1. The minimum absolute atomic E-state index is 0. The van der Waals surface area contributed by atoms with Crippen LogP contribution in [-0.4, -0.2) is 30.0 Å². The topological polar surface area (TPSA) is 54.0 Å². The quantitative estimate of drug-likeness (QED) is 0.888. The number of fused-ring (bicyclic) bond motifs is 2. The minimum Gasteiger partial charge on any atom is -0.349 e. The van der Waals surface area contributed by atoms with Crippen molar-refractivity contribution in [3.05, 3.63) is 42.1 Å². The molecule has 2 aromatic rings. The molecule has 1 saturated carbocycles. The number of amides is 1. The molecule has 1 saturated heterocycles. The fraction of sp³-hybridized carbons (Fsp3) is 0.333. The van der Waals surface area contributed by atoms with Gasteiger partial charge < -0.3 is 10.6 Å². The highest BCUT2D eigenvalue weighted by Gasteiger charge is 2.53. The van der Waals surface area contributed by atoms with Crippen molar-refractivity contribution in [2.75, 3.05) is 13.1 Å². The summed E-state index contributed by atoms with van der Waals surface area (Å²) in [5.41, 5.74) is 1.46. The zero-order valence-electron chi connectivity index (χ0n) is 11.3. The molecule has 0 bridgehead atoms. The van der Waals surface area contributed by atoms with Crippen LogP contribution in [0.1, 0.15) is 10.4 Å². The van der Waals surface area contributed by atoms with Gasteiger partial charge in [0, 0.05) is 30.7 Å². The summed E-state index contributed by atoms with van der Waals surface area (Å²) in [4.78, 5) is 16.7. The van der Waals surface area contributed by atoms with Gasteiger partial charge in [0.2, 0.25) is 0 Å². The van der Waals surface area contributed by atoms with Gasteiger partial charge in [-0.05, 0) is 24.0 Å². The number of halogens is 2. The number of nitrogens with zero attached hydrogens (tertiary/aromatic N) is 1. The van der Waals surface area contributed by atoms with Crippen LogP contribution in [0.15, 0.2) is 36.5 Å². The average molecular weight is 326 g/mol. The van der Waals surface area contributed by atoms with Crippen LogP contribution in [0.4, 0.5) is 0 Å². The molecule has 21 heavy (non-hydrogen) atoms. The Morgan fingerprint density at radius 3 is 2.62 bits per heavy atom. The Morgan fingerprint density at radius 2 is 1.86 bits per heavy atom. The summed E-state index contributed by atoms with van der Waals surface area (Å²) in [5, 5.41) is 7.48. The number of hydrogen-bond acceptors (Lipinski definition) is 3. The van der Waals surface area contributed by atoms with Crippen LogP contribution in [0.2, 0.25) is 0 Å². The maximum atomic E-state index is 12.4. The van der Waals surface area contributed by atoms with Gasteiger partial charge in [-0.1, -0.05) is 18.2 Å². The molecule has 0 radical (unpaired) electrons. The van der Waals surface area contributed by atoms with E-state index >= 15 is 0 Å². The summed E-state index contributed by atoms with van der Waals surface area (Å²) < 4.78 is 0. The lowest BCUT2D eigenvalue weighted by molar-refractivity contribution is 0.0948. The Hall–Kier alpha value is -1.36. The predicted octanol–water partition coefficient (Wildman–Crippen LogP) is 2.03. The first-order valence-electron chi connectivity index (χ1n) is 6.70. The number of rotatable bonds is 2. The highest BCUT2D eigenvalue weighted by atomic mass is 35.5. The summed E-state index contributed by atoms with van der Waals surface area (Å²) in [5.74, 6) is 1.27. The Bertz CT molecular complexity index is 649. The highest BCUT2D eigenvalue weighted by Crippen LogP contribution is 2.41. The first kappa shape index (κ1) is 16.0.